The largest absolute Gasteiger partial charge is 0.392 e. The lowest BCUT2D eigenvalue weighted by molar-refractivity contribution is 0.144. The van der Waals surface area contributed by atoms with Crippen molar-refractivity contribution in [2.75, 3.05) is 0 Å². The summed E-state index contributed by atoms with van der Waals surface area (Å²) < 4.78 is 0. The number of aliphatic hydroxyl groups is 1. The van der Waals surface area contributed by atoms with E-state index >= 15 is 0 Å². The molecular weight excluding hydrogens is 222 g/mol. The highest BCUT2D eigenvalue weighted by Crippen LogP contribution is 2.23. The second kappa shape index (κ2) is 5.17. The van der Waals surface area contributed by atoms with Crippen LogP contribution in [0.1, 0.15) is 37.8 Å². The predicted molar refractivity (Wildman–Crippen MR) is 66.6 cm³/mol. The Morgan fingerprint density at radius 1 is 1.31 bits per heavy atom. The van der Waals surface area contributed by atoms with E-state index in [0.717, 1.165) is 24.3 Å². The van der Waals surface area contributed by atoms with Crippen LogP contribution in [0.15, 0.2) is 24.3 Å². The van der Waals surface area contributed by atoms with Crippen LogP contribution in [0.4, 0.5) is 0 Å². The summed E-state index contributed by atoms with van der Waals surface area (Å²) in [7, 11) is 0. The van der Waals surface area contributed by atoms with Crippen molar-refractivity contribution < 1.29 is 5.11 Å². The van der Waals surface area contributed by atoms with Crippen LogP contribution in [0, 0.1) is 0 Å². The van der Waals surface area contributed by atoms with Crippen LogP contribution in [0.3, 0.4) is 0 Å². The molecule has 1 aromatic rings. The second-order valence-corrected chi connectivity index (χ2v) is 4.98. The molecule has 2 nitrogen and oxygen atoms in total. The number of benzene rings is 1. The summed E-state index contributed by atoms with van der Waals surface area (Å²) in [5.41, 5.74) is 1.21. The van der Waals surface area contributed by atoms with Crippen molar-refractivity contribution in [3.05, 3.63) is 34.9 Å². The van der Waals surface area contributed by atoms with E-state index in [-0.39, 0.29) is 18.2 Å². The number of nitrogens with one attached hydrogen (secondary N) is 1. The maximum absolute atomic E-state index is 9.75. The van der Waals surface area contributed by atoms with Crippen molar-refractivity contribution in [1.29, 1.82) is 0 Å². The molecule has 1 aromatic carbocycles. The van der Waals surface area contributed by atoms with Gasteiger partial charge < -0.3 is 10.4 Å². The van der Waals surface area contributed by atoms with Gasteiger partial charge in [0.15, 0.2) is 0 Å². The van der Waals surface area contributed by atoms with E-state index in [9.17, 15) is 5.11 Å². The monoisotopic (exact) mass is 239 g/mol. The SMILES string of the molecule is C[C@@H](N[C@H]1CCC[C@@H]1O)c1ccc(Cl)cc1. The fourth-order valence-corrected chi connectivity index (χ4v) is 2.43. The average Bonchev–Trinajstić information content (AvgIpc) is 2.65. The van der Waals surface area contributed by atoms with Gasteiger partial charge in [-0.25, -0.2) is 0 Å². The number of halogens is 1. The zero-order chi connectivity index (χ0) is 11.5. The van der Waals surface area contributed by atoms with Gasteiger partial charge >= 0.3 is 0 Å². The van der Waals surface area contributed by atoms with Crippen LogP contribution < -0.4 is 5.32 Å². The number of hydrogen-bond acceptors (Lipinski definition) is 2. The molecule has 0 radical (unpaired) electrons. The number of hydrogen-bond donors (Lipinski definition) is 2. The highest BCUT2D eigenvalue weighted by atomic mass is 35.5. The van der Waals surface area contributed by atoms with Crippen molar-refractivity contribution >= 4 is 11.6 Å². The normalized spacial score (nSPS) is 26.9. The smallest absolute Gasteiger partial charge is 0.0693 e. The fraction of sp³-hybridized carbons (Fsp3) is 0.538. The Labute approximate surface area is 102 Å². The third kappa shape index (κ3) is 2.76. The van der Waals surface area contributed by atoms with Gasteiger partial charge in [-0.15, -0.1) is 0 Å². The molecule has 2 N–H and O–H groups in total. The molecule has 1 aliphatic rings. The first-order chi connectivity index (χ1) is 7.66. The Balaban J connectivity index is 1.97. The van der Waals surface area contributed by atoms with Crippen molar-refractivity contribution in [1.82, 2.24) is 5.32 Å². The Hall–Kier alpha value is -0.570. The molecule has 0 heterocycles. The minimum absolute atomic E-state index is 0.185. The van der Waals surface area contributed by atoms with E-state index in [1.54, 1.807) is 0 Å². The molecule has 0 aliphatic heterocycles. The second-order valence-electron chi connectivity index (χ2n) is 4.54. The summed E-state index contributed by atoms with van der Waals surface area (Å²) >= 11 is 5.85. The maximum atomic E-state index is 9.75. The van der Waals surface area contributed by atoms with Crippen molar-refractivity contribution in [3.63, 3.8) is 0 Å². The molecule has 88 valence electrons. The van der Waals surface area contributed by atoms with E-state index in [0.29, 0.717) is 0 Å². The molecule has 3 heteroatoms. The molecule has 1 saturated carbocycles. The van der Waals surface area contributed by atoms with E-state index < -0.39 is 0 Å². The third-order valence-corrected chi connectivity index (χ3v) is 3.57. The van der Waals surface area contributed by atoms with Crippen molar-refractivity contribution in [3.8, 4) is 0 Å². The Bertz CT molecular complexity index is 338. The van der Waals surface area contributed by atoms with E-state index in [4.69, 9.17) is 11.6 Å². The van der Waals surface area contributed by atoms with Crippen LogP contribution in [0.2, 0.25) is 5.02 Å². The third-order valence-electron chi connectivity index (χ3n) is 3.31. The van der Waals surface area contributed by atoms with E-state index in [2.05, 4.69) is 12.2 Å². The van der Waals surface area contributed by atoms with Crippen LogP contribution in [-0.2, 0) is 0 Å². The maximum Gasteiger partial charge on any atom is 0.0693 e. The first kappa shape index (κ1) is 11.9. The zero-order valence-electron chi connectivity index (χ0n) is 9.49. The van der Waals surface area contributed by atoms with E-state index in [1.807, 2.05) is 24.3 Å². The molecule has 0 saturated heterocycles. The summed E-state index contributed by atoms with van der Waals surface area (Å²) in [6.07, 6.45) is 2.92. The summed E-state index contributed by atoms with van der Waals surface area (Å²) in [6.45, 7) is 2.12. The molecule has 0 aromatic heterocycles. The highest BCUT2D eigenvalue weighted by molar-refractivity contribution is 6.30. The number of rotatable bonds is 3. The van der Waals surface area contributed by atoms with Crippen LogP contribution >= 0.6 is 11.6 Å². The van der Waals surface area contributed by atoms with Crippen LogP contribution in [0.5, 0.6) is 0 Å². The minimum Gasteiger partial charge on any atom is -0.392 e. The van der Waals surface area contributed by atoms with E-state index in [1.165, 1.54) is 5.56 Å². The molecular formula is C13H18ClNO. The summed E-state index contributed by atoms with van der Waals surface area (Å²) in [5.74, 6) is 0. The average molecular weight is 240 g/mol. The van der Waals surface area contributed by atoms with Gasteiger partial charge in [-0.05, 0) is 43.9 Å². The van der Waals surface area contributed by atoms with Crippen LogP contribution in [-0.4, -0.2) is 17.3 Å². The lowest BCUT2D eigenvalue weighted by Crippen LogP contribution is -2.37. The molecule has 0 amide bonds. The topological polar surface area (TPSA) is 32.3 Å². The molecule has 0 spiro atoms. The standard InChI is InChI=1S/C13H18ClNO/c1-9(10-5-7-11(14)8-6-10)15-12-3-2-4-13(12)16/h5-9,12-13,15-16H,2-4H2,1H3/t9-,12+,13+/m1/s1. The minimum atomic E-state index is -0.185. The van der Waals surface area contributed by atoms with Gasteiger partial charge in [0.1, 0.15) is 0 Å². The van der Waals surface area contributed by atoms with Crippen molar-refractivity contribution in [2.24, 2.45) is 0 Å². The molecule has 16 heavy (non-hydrogen) atoms. The molecule has 2 rings (SSSR count). The molecule has 0 unspecified atom stereocenters. The van der Waals surface area contributed by atoms with Gasteiger partial charge in [0.25, 0.3) is 0 Å². The predicted octanol–water partition coefficient (Wildman–Crippen LogP) is 2.90. The Morgan fingerprint density at radius 2 is 2.00 bits per heavy atom. The lowest BCUT2D eigenvalue weighted by Gasteiger charge is -2.22. The molecule has 0 bridgehead atoms. The van der Waals surface area contributed by atoms with Gasteiger partial charge in [-0.1, -0.05) is 23.7 Å². The summed E-state index contributed by atoms with van der Waals surface area (Å²) in [4.78, 5) is 0. The van der Waals surface area contributed by atoms with Gasteiger partial charge in [-0.3, -0.25) is 0 Å². The molecule has 1 aliphatic carbocycles. The molecule has 3 atom stereocenters. The lowest BCUT2D eigenvalue weighted by atomic mass is 10.1. The van der Waals surface area contributed by atoms with Gasteiger partial charge in [0.05, 0.1) is 6.10 Å². The highest BCUT2D eigenvalue weighted by Gasteiger charge is 2.26. The summed E-state index contributed by atoms with van der Waals surface area (Å²) in [6, 6.07) is 8.36. The number of aliphatic hydroxyl groups excluding tert-OH is 1. The van der Waals surface area contributed by atoms with Gasteiger partial charge in [-0.2, -0.15) is 0 Å². The Morgan fingerprint density at radius 3 is 2.56 bits per heavy atom. The fourth-order valence-electron chi connectivity index (χ4n) is 2.30. The van der Waals surface area contributed by atoms with Crippen molar-refractivity contribution in [2.45, 2.75) is 44.4 Å². The zero-order valence-corrected chi connectivity index (χ0v) is 10.2. The van der Waals surface area contributed by atoms with Crippen LogP contribution in [0.25, 0.3) is 0 Å². The Kier molecular flexibility index (Phi) is 3.85. The quantitative estimate of drug-likeness (QED) is 0.850. The molecule has 1 fully saturated rings. The first-order valence-electron chi connectivity index (χ1n) is 5.86. The summed E-state index contributed by atoms with van der Waals surface area (Å²) in [5, 5.41) is 14.0. The van der Waals surface area contributed by atoms with Gasteiger partial charge in [0.2, 0.25) is 0 Å². The first-order valence-corrected chi connectivity index (χ1v) is 6.24. The van der Waals surface area contributed by atoms with Gasteiger partial charge in [0, 0.05) is 17.1 Å².